The Morgan fingerprint density at radius 2 is 1.07 bits per heavy atom. The molecule has 0 radical (unpaired) electrons. The zero-order valence-electron chi connectivity index (χ0n) is 16.0. The van der Waals surface area contributed by atoms with Gasteiger partial charge in [0, 0.05) is 12.8 Å². The summed E-state index contributed by atoms with van der Waals surface area (Å²) in [6.45, 7) is 0.637. The van der Waals surface area contributed by atoms with Crippen molar-refractivity contribution in [3.05, 3.63) is 83.9 Å². The van der Waals surface area contributed by atoms with Gasteiger partial charge in [0.05, 0.1) is 25.0 Å². The van der Waals surface area contributed by atoms with Crippen LogP contribution in [0, 0.1) is 11.8 Å². The first-order valence-corrected chi connectivity index (χ1v) is 9.80. The number of rotatable bonds is 8. The van der Waals surface area contributed by atoms with Crippen LogP contribution in [0.15, 0.2) is 72.8 Å². The topological polar surface area (TPSA) is 52.6 Å². The molecule has 2 unspecified atom stereocenters. The third-order valence-corrected chi connectivity index (χ3v) is 4.99. The summed E-state index contributed by atoms with van der Waals surface area (Å²) in [6.07, 6.45) is 6.25. The Morgan fingerprint density at radius 1 is 0.679 bits per heavy atom. The quantitative estimate of drug-likeness (QED) is 0.512. The highest BCUT2D eigenvalue weighted by molar-refractivity contribution is 5.82. The van der Waals surface area contributed by atoms with Crippen molar-refractivity contribution in [1.82, 2.24) is 0 Å². The van der Waals surface area contributed by atoms with Crippen molar-refractivity contribution in [2.24, 2.45) is 11.8 Å². The van der Waals surface area contributed by atoms with Crippen molar-refractivity contribution in [3.63, 3.8) is 0 Å². The first-order valence-electron chi connectivity index (χ1n) is 9.80. The van der Waals surface area contributed by atoms with Crippen LogP contribution in [0.2, 0.25) is 0 Å². The summed E-state index contributed by atoms with van der Waals surface area (Å²) in [4.78, 5) is 25.1. The minimum Gasteiger partial charge on any atom is -0.465 e. The summed E-state index contributed by atoms with van der Waals surface area (Å²) < 4.78 is 10.9. The van der Waals surface area contributed by atoms with Crippen LogP contribution < -0.4 is 0 Å². The van der Waals surface area contributed by atoms with Gasteiger partial charge in [0.15, 0.2) is 0 Å². The summed E-state index contributed by atoms with van der Waals surface area (Å²) in [7, 11) is 0. The van der Waals surface area contributed by atoms with Crippen molar-refractivity contribution >= 4 is 11.9 Å². The van der Waals surface area contributed by atoms with Gasteiger partial charge in [-0.25, -0.2) is 0 Å². The van der Waals surface area contributed by atoms with Gasteiger partial charge < -0.3 is 9.47 Å². The number of hydrogen-bond acceptors (Lipinski definition) is 4. The van der Waals surface area contributed by atoms with E-state index in [1.807, 2.05) is 72.8 Å². The van der Waals surface area contributed by atoms with Crippen molar-refractivity contribution in [3.8, 4) is 0 Å². The number of esters is 2. The molecule has 0 saturated heterocycles. The van der Waals surface area contributed by atoms with Crippen molar-refractivity contribution in [2.45, 2.75) is 25.7 Å². The van der Waals surface area contributed by atoms with E-state index >= 15 is 0 Å². The average molecular weight is 378 g/mol. The van der Waals surface area contributed by atoms with E-state index in [0.29, 0.717) is 38.9 Å². The Bertz CT molecular complexity index is 715. The van der Waals surface area contributed by atoms with E-state index < -0.39 is 11.8 Å². The third-order valence-electron chi connectivity index (χ3n) is 4.99. The maximum Gasteiger partial charge on any atom is 0.310 e. The molecule has 2 atom stereocenters. The third kappa shape index (κ3) is 5.81. The number of hydrogen-bond donors (Lipinski definition) is 0. The van der Waals surface area contributed by atoms with Crippen LogP contribution in [-0.4, -0.2) is 25.2 Å². The molecule has 0 aromatic heterocycles. The molecule has 1 aliphatic rings. The van der Waals surface area contributed by atoms with E-state index in [4.69, 9.17) is 9.47 Å². The molecule has 0 heterocycles. The van der Waals surface area contributed by atoms with E-state index in [1.165, 1.54) is 0 Å². The molecule has 4 nitrogen and oxygen atoms in total. The molecule has 146 valence electrons. The Balaban J connectivity index is 1.47. The molecule has 2 aromatic carbocycles. The van der Waals surface area contributed by atoms with Gasteiger partial charge in [-0.3, -0.25) is 9.59 Å². The van der Waals surface area contributed by atoms with Gasteiger partial charge in [-0.1, -0.05) is 72.8 Å². The Kier molecular flexibility index (Phi) is 7.42. The molecule has 3 rings (SSSR count). The summed E-state index contributed by atoms with van der Waals surface area (Å²) >= 11 is 0. The van der Waals surface area contributed by atoms with Crippen LogP contribution in [0.4, 0.5) is 0 Å². The second-order valence-electron chi connectivity index (χ2n) is 6.96. The lowest BCUT2D eigenvalue weighted by atomic mass is 9.83. The van der Waals surface area contributed by atoms with Crippen LogP contribution >= 0.6 is 0 Å². The summed E-state index contributed by atoms with van der Waals surface area (Å²) in [6, 6.07) is 19.8. The molecule has 0 N–H and O–H groups in total. The minimum atomic E-state index is -0.468. The fourth-order valence-corrected chi connectivity index (χ4v) is 3.38. The highest BCUT2D eigenvalue weighted by atomic mass is 16.5. The molecule has 0 fully saturated rings. The van der Waals surface area contributed by atoms with Gasteiger partial charge in [0.1, 0.15) is 0 Å². The molecule has 2 aromatic rings. The van der Waals surface area contributed by atoms with Crippen molar-refractivity contribution < 1.29 is 19.1 Å². The largest absolute Gasteiger partial charge is 0.465 e. The predicted molar refractivity (Wildman–Crippen MR) is 108 cm³/mol. The molecule has 0 amide bonds. The normalized spacial score (nSPS) is 18.4. The molecular formula is C24H26O4. The molecule has 1 aliphatic carbocycles. The van der Waals surface area contributed by atoms with Crippen LogP contribution in [-0.2, 0) is 31.9 Å². The first-order chi connectivity index (χ1) is 13.7. The lowest BCUT2D eigenvalue weighted by Gasteiger charge is -2.25. The second kappa shape index (κ2) is 10.5. The zero-order chi connectivity index (χ0) is 19.6. The standard InChI is InChI=1S/C24H26O4/c25-23(27-17-15-19-9-3-1-4-10-19)21-13-7-8-14-22(21)24(26)28-18-16-20-11-5-2-6-12-20/h1-12,21-22H,13-18H2. The Morgan fingerprint density at radius 3 is 1.46 bits per heavy atom. The van der Waals surface area contributed by atoms with Crippen molar-refractivity contribution in [1.29, 1.82) is 0 Å². The average Bonchev–Trinajstić information content (AvgIpc) is 2.75. The van der Waals surface area contributed by atoms with Crippen molar-refractivity contribution in [2.75, 3.05) is 13.2 Å². The van der Waals surface area contributed by atoms with Gasteiger partial charge in [-0.05, 0) is 24.0 Å². The smallest absolute Gasteiger partial charge is 0.310 e. The highest BCUT2D eigenvalue weighted by Gasteiger charge is 2.36. The molecule has 0 saturated carbocycles. The van der Waals surface area contributed by atoms with E-state index in [1.54, 1.807) is 0 Å². The predicted octanol–water partition coefficient (Wildman–Crippen LogP) is 4.14. The van der Waals surface area contributed by atoms with Crippen LogP contribution in [0.25, 0.3) is 0 Å². The summed E-state index contributed by atoms with van der Waals surface area (Å²) in [5, 5.41) is 0. The van der Waals surface area contributed by atoms with Gasteiger partial charge in [-0.2, -0.15) is 0 Å². The number of benzene rings is 2. The SMILES string of the molecule is O=C(OCCc1ccccc1)C1CC=CCC1C(=O)OCCc1ccccc1. The van der Waals surface area contributed by atoms with Crippen LogP contribution in [0.3, 0.4) is 0 Å². The number of ether oxygens (including phenoxy) is 2. The number of allylic oxidation sites excluding steroid dienone is 2. The van der Waals surface area contributed by atoms with Crippen LogP contribution in [0.5, 0.6) is 0 Å². The lowest BCUT2D eigenvalue weighted by molar-refractivity contribution is -0.161. The fraction of sp³-hybridized carbons (Fsp3) is 0.333. The maximum absolute atomic E-state index is 12.5. The molecule has 0 aliphatic heterocycles. The number of carbonyl (C=O) groups excluding carboxylic acids is 2. The second-order valence-corrected chi connectivity index (χ2v) is 6.96. The van der Waals surface area contributed by atoms with E-state index in [0.717, 1.165) is 11.1 Å². The first kappa shape index (κ1) is 19.9. The minimum absolute atomic E-state index is 0.315. The van der Waals surface area contributed by atoms with E-state index in [2.05, 4.69) is 0 Å². The Hall–Kier alpha value is -2.88. The molecular weight excluding hydrogens is 352 g/mol. The molecule has 0 bridgehead atoms. The molecule has 4 heteroatoms. The van der Waals surface area contributed by atoms with E-state index in [9.17, 15) is 9.59 Å². The van der Waals surface area contributed by atoms with E-state index in [-0.39, 0.29) is 11.9 Å². The summed E-state index contributed by atoms with van der Waals surface area (Å²) in [5.74, 6) is -1.56. The highest BCUT2D eigenvalue weighted by Crippen LogP contribution is 2.28. The zero-order valence-corrected chi connectivity index (χ0v) is 16.0. The van der Waals surface area contributed by atoms with Gasteiger partial charge >= 0.3 is 11.9 Å². The lowest BCUT2D eigenvalue weighted by Crippen LogP contribution is -2.34. The Labute approximate surface area is 166 Å². The molecule has 28 heavy (non-hydrogen) atoms. The number of carbonyl (C=O) groups is 2. The fourth-order valence-electron chi connectivity index (χ4n) is 3.38. The monoisotopic (exact) mass is 378 g/mol. The molecule has 0 spiro atoms. The van der Waals surface area contributed by atoms with Crippen LogP contribution in [0.1, 0.15) is 24.0 Å². The maximum atomic E-state index is 12.5. The summed E-state index contributed by atoms with van der Waals surface area (Å²) in [5.41, 5.74) is 2.24. The van der Waals surface area contributed by atoms with Gasteiger partial charge in [0.2, 0.25) is 0 Å². The van der Waals surface area contributed by atoms with Gasteiger partial charge in [-0.15, -0.1) is 0 Å². The van der Waals surface area contributed by atoms with Gasteiger partial charge in [0.25, 0.3) is 0 Å².